The van der Waals surface area contributed by atoms with E-state index in [2.05, 4.69) is 4.98 Å². The molecule has 0 unspecified atom stereocenters. The summed E-state index contributed by atoms with van der Waals surface area (Å²) < 4.78 is 0. The number of aryl methyl sites for hydroxylation is 1. The number of pyridine rings is 1. The van der Waals surface area contributed by atoms with E-state index in [0.717, 1.165) is 5.56 Å². The van der Waals surface area contributed by atoms with Crippen LogP contribution < -0.4 is 5.56 Å². The molecule has 2 N–H and O–H groups in total. The number of aromatic amines is 1. The van der Waals surface area contributed by atoms with E-state index in [1.165, 1.54) is 0 Å². The third-order valence-electron chi connectivity index (χ3n) is 1.88. The van der Waals surface area contributed by atoms with Gasteiger partial charge in [0.15, 0.2) is 0 Å². The van der Waals surface area contributed by atoms with Crippen LogP contribution in [0.5, 0.6) is 0 Å². The highest BCUT2D eigenvalue weighted by Gasteiger charge is 2.05. The highest BCUT2D eigenvalue weighted by atomic mass is 16.3. The monoisotopic (exact) mass is 167 g/mol. The van der Waals surface area contributed by atoms with Crippen molar-refractivity contribution in [2.45, 2.75) is 26.4 Å². The summed E-state index contributed by atoms with van der Waals surface area (Å²) >= 11 is 0. The number of aliphatic hydroxyl groups is 1. The third kappa shape index (κ3) is 1.74. The zero-order valence-corrected chi connectivity index (χ0v) is 7.29. The highest BCUT2D eigenvalue weighted by molar-refractivity contribution is 5.18. The Morgan fingerprint density at radius 3 is 2.83 bits per heavy atom. The fourth-order valence-electron chi connectivity index (χ4n) is 1.05. The van der Waals surface area contributed by atoms with E-state index in [4.69, 9.17) is 0 Å². The molecule has 3 nitrogen and oxygen atoms in total. The molecule has 0 aromatic carbocycles. The van der Waals surface area contributed by atoms with Gasteiger partial charge in [-0.3, -0.25) is 4.79 Å². The number of H-pyrrole nitrogens is 1. The van der Waals surface area contributed by atoms with Crippen LogP contribution in [-0.2, 0) is 0 Å². The molecule has 0 radical (unpaired) electrons. The predicted molar refractivity (Wildman–Crippen MR) is 47.1 cm³/mol. The molecule has 3 heteroatoms. The van der Waals surface area contributed by atoms with Crippen LogP contribution in [-0.4, -0.2) is 10.1 Å². The van der Waals surface area contributed by atoms with E-state index < -0.39 is 6.10 Å². The number of rotatable bonds is 2. The SMILES string of the molecule is CC[C@H](O)c1c[nH]c(=O)c(C)c1. The molecule has 0 amide bonds. The second-order valence-electron chi connectivity index (χ2n) is 2.87. The van der Waals surface area contributed by atoms with E-state index >= 15 is 0 Å². The van der Waals surface area contributed by atoms with Gasteiger partial charge in [0.1, 0.15) is 0 Å². The van der Waals surface area contributed by atoms with Gasteiger partial charge < -0.3 is 10.1 Å². The maximum Gasteiger partial charge on any atom is 0.250 e. The van der Waals surface area contributed by atoms with Gasteiger partial charge in [-0.25, -0.2) is 0 Å². The Kier molecular flexibility index (Phi) is 2.65. The van der Waals surface area contributed by atoms with Gasteiger partial charge >= 0.3 is 0 Å². The van der Waals surface area contributed by atoms with Crippen molar-refractivity contribution < 1.29 is 5.11 Å². The maximum absolute atomic E-state index is 10.9. The van der Waals surface area contributed by atoms with Crippen LogP contribution in [0.4, 0.5) is 0 Å². The molecule has 0 bridgehead atoms. The van der Waals surface area contributed by atoms with E-state index in [1.807, 2.05) is 6.92 Å². The lowest BCUT2D eigenvalue weighted by atomic mass is 10.1. The number of aliphatic hydroxyl groups excluding tert-OH is 1. The van der Waals surface area contributed by atoms with Gasteiger partial charge in [0.2, 0.25) is 0 Å². The molecule has 1 heterocycles. The molecule has 1 aromatic rings. The van der Waals surface area contributed by atoms with Crippen molar-refractivity contribution in [2.24, 2.45) is 0 Å². The van der Waals surface area contributed by atoms with Crippen molar-refractivity contribution in [3.05, 3.63) is 33.7 Å². The highest BCUT2D eigenvalue weighted by Crippen LogP contribution is 2.13. The van der Waals surface area contributed by atoms with Crippen molar-refractivity contribution in [3.8, 4) is 0 Å². The summed E-state index contributed by atoms with van der Waals surface area (Å²) in [6.07, 6.45) is 1.75. The predicted octanol–water partition coefficient (Wildman–Crippen LogP) is 1.13. The number of aromatic nitrogens is 1. The fourth-order valence-corrected chi connectivity index (χ4v) is 1.05. The quantitative estimate of drug-likeness (QED) is 0.693. The second-order valence-corrected chi connectivity index (χ2v) is 2.87. The molecule has 0 aliphatic carbocycles. The second kappa shape index (κ2) is 3.54. The van der Waals surface area contributed by atoms with E-state index in [-0.39, 0.29) is 5.56 Å². The topological polar surface area (TPSA) is 53.1 Å². The molecule has 66 valence electrons. The molecule has 1 aromatic heterocycles. The molecular formula is C9H13NO2. The van der Waals surface area contributed by atoms with E-state index in [0.29, 0.717) is 12.0 Å². The van der Waals surface area contributed by atoms with Gasteiger partial charge in [-0.15, -0.1) is 0 Å². The van der Waals surface area contributed by atoms with Gasteiger partial charge in [0.05, 0.1) is 6.10 Å². The molecule has 0 saturated carbocycles. The Balaban J connectivity index is 3.04. The Morgan fingerprint density at radius 2 is 2.33 bits per heavy atom. The molecule has 0 spiro atoms. The standard InChI is InChI=1S/C9H13NO2/c1-3-8(11)7-4-6(2)9(12)10-5-7/h4-5,8,11H,3H2,1-2H3,(H,10,12)/t8-/m0/s1. The molecule has 0 aliphatic heterocycles. The van der Waals surface area contributed by atoms with Crippen molar-refractivity contribution in [3.63, 3.8) is 0 Å². The van der Waals surface area contributed by atoms with Crippen molar-refractivity contribution in [2.75, 3.05) is 0 Å². The van der Waals surface area contributed by atoms with Crippen LogP contribution in [0, 0.1) is 6.92 Å². The lowest BCUT2D eigenvalue weighted by molar-refractivity contribution is 0.173. The van der Waals surface area contributed by atoms with E-state index in [1.54, 1.807) is 19.2 Å². The molecule has 0 saturated heterocycles. The van der Waals surface area contributed by atoms with Gasteiger partial charge in [-0.05, 0) is 25.0 Å². The molecule has 1 atom stereocenters. The van der Waals surface area contributed by atoms with Crippen LogP contribution in [0.3, 0.4) is 0 Å². The van der Waals surface area contributed by atoms with Gasteiger partial charge in [0, 0.05) is 11.8 Å². The number of hydrogen-bond donors (Lipinski definition) is 2. The summed E-state index contributed by atoms with van der Waals surface area (Å²) in [5.74, 6) is 0. The smallest absolute Gasteiger partial charge is 0.250 e. The minimum absolute atomic E-state index is 0.0953. The first-order valence-corrected chi connectivity index (χ1v) is 4.02. The summed E-state index contributed by atoms with van der Waals surface area (Å²) in [5, 5.41) is 9.42. The lowest BCUT2D eigenvalue weighted by Crippen LogP contribution is -2.10. The van der Waals surface area contributed by atoms with Crippen molar-refractivity contribution in [1.29, 1.82) is 0 Å². The summed E-state index contributed by atoms with van der Waals surface area (Å²) in [6, 6.07) is 1.72. The fraction of sp³-hybridized carbons (Fsp3) is 0.444. The van der Waals surface area contributed by atoms with Crippen LogP contribution >= 0.6 is 0 Å². The van der Waals surface area contributed by atoms with Crippen molar-refractivity contribution in [1.82, 2.24) is 4.98 Å². The summed E-state index contributed by atoms with van der Waals surface area (Å²) in [6.45, 7) is 3.62. The normalized spacial score (nSPS) is 12.9. The van der Waals surface area contributed by atoms with Crippen LogP contribution in [0.25, 0.3) is 0 Å². The molecule has 1 rings (SSSR count). The first-order chi connectivity index (χ1) is 5.65. The minimum atomic E-state index is -0.472. The average molecular weight is 167 g/mol. The van der Waals surface area contributed by atoms with Gasteiger partial charge in [-0.1, -0.05) is 6.92 Å². The van der Waals surface area contributed by atoms with Gasteiger partial charge in [-0.2, -0.15) is 0 Å². The largest absolute Gasteiger partial charge is 0.388 e. The number of hydrogen-bond acceptors (Lipinski definition) is 2. The first-order valence-electron chi connectivity index (χ1n) is 4.02. The summed E-state index contributed by atoms with van der Waals surface area (Å²) in [4.78, 5) is 13.5. The zero-order valence-electron chi connectivity index (χ0n) is 7.29. The molecule has 12 heavy (non-hydrogen) atoms. The molecular weight excluding hydrogens is 154 g/mol. The Hall–Kier alpha value is -1.09. The lowest BCUT2D eigenvalue weighted by Gasteiger charge is -2.07. The minimum Gasteiger partial charge on any atom is -0.388 e. The molecule has 0 aliphatic rings. The summed E-state index contributed by atoms with van der Waals surface area (Å²) in [7, 11) is 0. The maximum atomic E-state index is 10.9. The van der Waals surface area contributed by atoms with Crippen molar-refractivity contribution >= 4 is 0 Å². The number of nitrogens with one attached hydrogen (secondary N) is 1. The summed E-state index contributed by atoms with van der Waals surface area (Å²) in [5.41, 5.74) is 1.32. The first kappa shape index (κ1) is 9.00. The zero-order chi connectivity index (χ0) is 9.14. The third-order valence-corrected chi connectivity index (χ3v) is 1.88. The Labute approximate surface area is 71.1 Å². The van der Waals surface area contributed by atoms with Crippen LogP contribution in [0.15, 0.2) is 17.1 Å². The van der Waals surface area contributed by atoms with E-state index in [9.17, 15) is 9.90 Å². The Morgan fingerprint density at radius 1 is 1.67 bits per heavy atom. The van der Waals surface area contributed by atoms with Crippen LogP contribution in [0.1, 0.15) is 30.6 Å². The average Bonchev–Trinajstić information content (AvgIpc) is 2.08. The van der Waals surface area contributed by atoms with Gasteiger partial charge in [0.25, 0.3) is 5.56 Å². The molecule has 0 fully saturated rings. The van der Waals surface area contributed by atoms with Crippen LogP contribution in [0.2, 0.25) is 0 Å². The Bertz CT molecular complexity index is 317.